The zero-order valence-corrected chi connectivity index (χ0v) is 7.56. The summed E-state index contributed by atoms with van der Waals surface area (Å²) in [5, 5.41) is 0.927. The number of hydrogen-bond acceptors (Lipinski definition) is 2. The van der Waals surface area contributed by atoms with E-state index in [0.717, 1.165) is 11.8 Å². The third kappa shape index (κ3) is 1.72. The van der Waals surface area contributed by atoms with Crippen LogP contribution in [0.4, 0.5) is 0 Å². The first kappa shape index (κ1) is 8.05. The van der Waals surface area contributed by atoms with E-state index in [-0.39, 0.29) is 11.9 Å². The minimum atomic E-state index is -0.0213. The van der Waals surface area contributed by atoms with E-state index in [1.807, 2.05) is 6.92 Å². The summed E-state index contributed by atoms with van der Waals surface area (Å²) in [5.74, 6) is 0.713. The summed E-state index contributed by atoms with van der Waals surface area (Å²) in [6.45, 7) is 2.34. The molecule has 1 rings (SSSR count). The number of carbonyl (C=O) groups excluding carboxylic acids is 1. The van der Waals surface area contributed by atoms with Crippen molar-refractivity contribution in [2.45, 2.75) is 13.3 Å². The Morgan fingerprint density at radius 2 is 2.50 bits per heavy atom. The van der Waals surface area contributed by atoms with Gasteiger partial charge in [-0.2, -0.15) is 0 Å². The van der Waals surface area contributed by atoms with Crippen LogP contribution in [0.5, 0.6) is 0 Å². The molecule has 10 heavy (non-hydrogen) atoms. The molecule has 0 unspecified atom stereocenters. The molecule has 0 bridgehead atoms. The first-order valence-corrected chi connectivity index (χ1v) is 4.64. The van der Waals surface area contributed by atoms with Crippen LogP contribution in [0.3, 0.4) is 0 Å². The molecule has 2 atom stereocenters. The number of alkyl halides is 1. The molecule has 0 N–H and O–H groups in total. The van der Waals surface area contributed by atoms with Crippen molar-refractivity contribution >= 4 is 21.9 Å². The monoisotopic (exact) mass is 206 g/mol. The summed E-state index contributed by atoms with van der Waals surface area (Å²) in [4.78, 5) is 10.9. The van der Waals surface area contributed by atoms with Gasteiger partial charge in [-0.3, -0.25) is 4.79 Å². The molecule has 0 radical (unpaired) electrons. The Kier molecular flexibility index (Phi) is 2.72. The van der Waals surface area contributed by atoms with E-state index < -0.39 is 0 Å². The van der Waals surface area contributed by atoms with Crippen LogP contribution in [0.2, 0.25) is 0 Å². The first-order chi connectivity index (χ1) is 4.79. The Bertz CT molecular complexity index is 136. The van der Waals surface area contributed by atoms with Crippen molar-refractivity contribution in [3.63, 3.8) is 0 Å². The van der Waals surface area contributed by atoms with E-state index in [2.05, 4.69) is 15.9 Å². The van der Waals surface area contributed by atoms with Crippen molar-refractivity contribution in [2.24, 2.45) is 11.8 Å². The molecule has 0 aromatic rings. The molecule has 0 aromatic carbocycles. The van der Waals surface area contributed by atoms with Crippen molar-refractivity contribution in [3.05, 3.63) is 0 Å². The van der Waals surface area contributed by atoms with Gasteiger partial charge < -0.3 is 4.74 Å². The number of rotatable bonds is 3. The maximum absolute atomic E-state index is 10.9. The average Bonchev–Trinajstić information content (AvgIpc) is 2.66. The van der Waals surface area contributed by atoms with E-state index >= 15 is 0 Å². The number of hydrogen-bond donors (Lipinski definition) is 0. The smallest absolute Gasteiger partial charge is 0.309 e. The lowest BCUT2D eigenvalue weighted by atomic mass is 10.3. The Labute approximate surface area is 69.1 Å². The number of esters is 1. The Balaban J connectivity index is 2.19. The van der Waals surface area contributed by atoms with Crippen LogP contribution < -0.4 is 0 Å². The highest BCUT2D eigenvalue weighted by Crippen LogP contribution is 2.40. The molecule has 0 heterocycles. The van der Waals surface area contributed by atoms with Crippen molar-refractivity contribution < 1.29 is 9.53 Å². The summed E-state index contributed by atoms with van der Waals surface area (Å²) in [6.07, 6.45) is 1.00. The molecule has 0 spiro atoms. The van der Waals surface area contributed by atoms with E-state index in [1.165, 1.54) is 0 Å². The highest BCUT2D eigenvalue weighted by atomic mass is 79.9. The van der Waals surface area contributed by atoms with Gasteiger partial charge in [-0.1, -0.05) is 15.9 Å². The average molecular weight is 207 g/mol. The second-order valence-electron chi connectivity index (χ2n) is 2.51. The largest absolute Gasteiger partial charge is 0.466 e. The van der Waals surface area contributed by atoms with E-state index in [1.54, 1.807) is 0 Å². The fourth-order valence-corrected chi connectivity index (χ4v) is 1.67. The quantitative estimate of drug-likeness (QED) is 0.518. The first-order valence-electron chi connectivity index (χ1n) is 3.52. The summed E-state index contributed by atoms with van der Waals surface area (Å²) in [7, 11) is 0. The Morgan fingerprint density at radius 3 is 2.90 bits per heavy atom. The van der Waals surface area contributed by atoms with Crippen LogP contribution in [0, 0.1) is 11.8 Å². The molecule has 0 amide bonds. The van der Waals surface area contributed by atoms with Crippen molar-refractivity contribution in [1.29, 1.82) is 0 Å². The van der Waals surface area contributed by atoms with Crippen molar-refractivity contribution in [3.8, 4) is 0 Å². The summed E-state index contributed by atoms with van der Waals surface area (Å²) in [6, 6.07) is 0. The van der Waals surface area contributed by atoms with Crippen molar-refractivity contribution in [2.75, 3.05) is 11.9 Å². The predicted molar refractivity (Wildman–Crippen MR) is 42.0 cm³/mol. The van der Waals surface area contributed by atoms with E-state index in [4.69, 9.17) is 4.74 Å². The molecular formula is C7H11BrO2. The normalized spacial score (nSPS) is 29.8. The van der Waals surface area contributed by atoms with Gasteiger partial charge in [0.2, 0.25) is 0 Å². The molecule has 3 heteroatoms. The van der Waals surface area contributed by atoms with Gasteiger partial charge in [-0.25, -0.2) is 0 Å². The number of carbonyl (C=O) groups is 1. The van der Waals surface area contributed by atoms with Gasteiger partial charge in [0, 0.05) is 5.33 Å². The van der Waals surface area contributed by atoms with Gasteiger partial charge in [-0.05, 0) is 19.3 Å². The van der Waals surface area contributed by atoms with Gasteiger partial charge in [-0.15, -0.1) is 0 Å². The summed E-state index contributed by atoms with van der Waals surface area (Å²) >= 11 is 3.33. The zero-order valence-electron chi connectivity index (χ0n) is 5.97. The van der Waals surface area contributed by atoms with Gasteiger partial charge in [0.1, 0.15) is 0 Å². The van der Waals surface area contributed by atoms with Crippen LogP contribution >= 0.6 is 15.9 Å². The molecule has 1 aliphatic carbocycles. The highest BCUT2D eigenvalue weighted by molar-refractivity contribution is 9.09. The van der Waals surface area contributed by atoms with Crippen LogP contribution in [-0.2, 0) is 9.53 Å². The molecule has 1 aliphatic rings. The third-order valence-electron chi connectivity index (χ3n) is 1.71. The second kappa shape index (κ2) is 3.37. The summed E-state index contributed by atoms with van der Waals surface area (Å²) in [5.41, 5.74) is 0. The van der Waals surface area contributed by atoms with Crippen LogP contribution in [-0.4, -0.2) is 17.9 Å². The SMILES string of the molecule is CCOC(=O)[C@H]1C[C@@H]1CBr. The summed E-state index contributed by atoms with van der Waals surface area (Å²) < 4.78 is 4.84. The number of halogens is 1. The zero-order chi connectivity index (χ0) is 7.56. The fraction of sp³-hybridized carbons (Fsp3) is 0.857. The standard InChI is InChI=1S/C7H11BrO2/c1-2-10-7(9)6-3-5(6)4-8/h5-6H,2-4H2,1H3/t5-,6+/m1/s1. The molecule has 0 aliphatic heterocycles. The van der Waals surface area contributed by atoms with Crippen LogP contribution in [0.15, 0.2) is 0 Å². The number of ether oxygens (including phenoxy) is 1. The molecular weight excluding hydrogens is 196 g/mol. The Morgan fingerprint density at radius 1 is 1.80 bits per heavy atom. The molecule has 0 saturated heterocycles. The maximum atomic E-state index is 10.9. The lowest BCUT2D eigenvalue weighted by Crippen LogP contribution is -2.07. The fourth-order valence-electron chi connectivity index (χ4n) is 0.956. The topological polar surface area (TPSA) is 26.3 Å². The molecule has 0 aromatic heterocycles. The van der Waals surface area contributed by atoms with Gasteiger partial charge in [0.25, 0.3) is 0 Å². The third-order valence-corrected chi connectivity index (χ3v) is 2.54. The molecule has 58 valence electrons. The Hall–Kier alpha value is -0.0500. The lowest BCUT2D eigenvalue weighted by molar-refractivity contribution is -0.144. The minimum Gasteiger partial charge on any atom is -0.466 e. The van der Waals surface area contributed by atoms with Gasteiger partial charge >= 0.3 is 5.97 Å². The lowest BCUT2D eigenvalue weighted by Gasteiger charge is -1.97. The van der Waals surface area contributed by atoms with E-state index in [9.17, 15) is 4.79 Å². The van der Waals surface area contributed by atoms with Crippen molar-refractivity contribution in [1.82, 2.24) is 0 Å². The molecule has 2 nitrogen and oxygen atoms in total. The van der Waals surface area contributed by atoms with Gasteiger partial charge in [0.15, 0.2) is 0 Å². The van der Waals surface area contributed by atoms with Crippen LogP contribution in [0.1, 0.15) is 13.3 Å². The highest BCUT2D eigenvalue weighted by Gasteiger charge is 2.42. The minimum absolute atomic E-state index is 0.0213. The molecule has 1 fully saturated rings. The molecule has 1 saturated carbocycles. The maximum Gasteiger partial charge on any atom is 0.309 e. The second-order valence-corrected chi connectivity index (χ2v) is 3.16. The predicted octanol–water partition coefficient (Wildman–Crippen LogP) is 1.58. The van der Waals surface area contributed by atoms with Crippen LogP contribution in [0.25, 0.3) is 0 Å². The van der Waals surface area contributed by atoms with Gasteiger partial charge in [0.05, 0.1) is 12.5 Å². The van der Waals surface area contributed by atoms with E-state index in [0.29, 0.717) is 12.5 Å².